The fraction of sp³-hybridized carbons (Fsp3) is 0.0769. The maximum Gasteiger partial charge on any atom is 0.131 e. The SMILES string of the molecule is Cc1cc(F)ccc1Oc1ccnc(C(N)=S)c1. The van der Waals surface area contributed by atoms with Gasteiger partial charge in [-0.05, 0) is 36.8 Å². The van der Waals surface area contributed by atoms with Crippen molar-refractivity contribution >= 4 is 17.2 Å². The molecule has 18 heavy (non-hydrogen) atoms. The van der Waals surface area contributed by atoms with Gasteiger partial charge in [0.25, 0.3) is 0 Å². The van der Waals surface area contributed by atoms with E-state index in [4.69, 9.17) is 22.7 Å². The average Bonchev–Trinajstić information content (AvgIpc) is 2.33. The summed E-state index contributed by atoms with van der Waals surface area (Å²) in [6.45, 7) is 1.77. The summed E-state index contributed by atoms with van der Waals surface area (Å²) in [5, 5.41) is 0. The van der Waals surface area contributed by atoms with Crippen LogP contribution in [0.1, 0.15) is 11.3 Å². The summed E-state index contributed by atoms with van der Waals surface area (Å²) in [4.78, 5) is 4.22. The molecule has 0 unspecified atom stereocenters. The van der Waals surface area contributed by atoms with Crippen LogP contribution in [0.5, 0.6) is 11.5 Å². The molecule has 2 rings (SSSR count). The third kappa shape index (κ3) is 2.81. The van der Waals surface area contributed by atoms with Gasteiger partial charge in [0.05, 0.1) is 0 Å². The molecule has 1 heterocycles. The summed E-state index contributed by atoms with van der Waals surface area (Å²) < 4.78 is 18.6. The molecule has 0 spiro atoms. The van der Waals surface area contributed by atoms with E-state index in [-0.39, 0.29) is 10.8 Å². The number of rotatable bonds is 3. The number of thiocarbonyl (C=S) groups is 1. The second-order valence-electron chi connectivity index (χ2n) is 3.75. The zero-order valence-electron chi connectivity index (χ0n) is 9.68. The van der Waals surface area contributed by atoms with Crippen molar-refractivity contribution in [3.63, 3.8) is 0 Å². The van der Waals surface area contributed by atoms with Crippen molar-refractivity contribution in [3.8, 4) is 11.5 Å². The van der Waals surface area contributed by atoms with Gasteiger partial charge in [-0.1, -0.05) is 12.2 Å². The first-order valence-electron chi connectivity index (χ1n) is 5.26. The molecule has 0 saturated heterocycles. The van der Waals surface area contributed by atoms with Crippen molar-refractivity contribution in [1.82, 2.24) is 4.98 Å². The molecule has 1 aromatic carbocycles. The summed E-state index contributed by atoms with van der Waals surface area (Å²) in [5.74, 6) is 0.845. The Morgan fingerprint density at radius 2 is 2.11 bits per heavy atom. The molecule has 5 heteroatoms. The third-order valence-electron chi connectivity index (χ3n) is 2.35. The molecular formula is C13H11FN2OS. The molecule has 0 atom stereocenters. The molecule has 0 aliphatic rings. The van der Waals surface area contributed by atoms with Crippen LogP contribution in [0.15, 0.2) is 36.5 Å². The van der Waals surface area contributed by atoms with Gasteiger partial charge in [-0.15, -0.1) is 0 Å². The van der Waals surface area contributed by atoms with Crippen LogP contribution in [0.4, 0.5) is 4.39 Å². The van der Waals surface area contributed by atoms with Crippen LogP contribution in [0.2, 0.25) is 0 Å². The summed E-state index contributed by atoms with van der Waals surface area (Å²) in [6.07, 6.45) is 1.56. The number of nitrogens with two attached hydrogens (primary N) is 1. The lowest BCUT2D eigenvalue weighted by Crippen LogP contribution is -2.11. The number of pyridine rings is 1. The highest BCUT2D eigenvalue weighted by Crippen LogP contribution is 2.25. The van der Waals surface area contributed by atoms with Gasteiger partial charge in [0.2, 0.25) is 0 Å². The Hall–Kier alpha value is -2.01. The van der Waals surface area contributed by atoms with Crippen LogP contribution in [-0.4, -0.2) is 9.97 Å². The molecule has 0 fully saturated rings. The molecule has 0 radical (unpaired) electrons. The second-order valence-corrected chi connectivity index (χ2v) is 4.19. The van der Waals surface area contributed by atoms with Crippen LogP contribution < -0.4 is 10.5 Å². The van der Waals surface area contributed by atoms with E-state index in [1.807, 2.05) is 0 Å². The van der Waals surface area contributed by atoms with Gasteiger partial charge < -0.3 is 10.5 Å². The van der Waals surface area contributed by atoms with E-state index in [0.29, 0.717) is 22.8 Å². The molecule has 3 nitrogen and oxygen atoms in total. The third-order valence-corrected chi connectivity index (χ3v) is 2.56. The standard InChI is InChI=1S/C13H11FN2OS/c1-8-6-9(14)2-3-12(8)17-10-4-5-16-11(7-10)13(15)18/h2-7H,1H3,(H2,15,18). The van der Waals surface area contributed by atoms with Crippen molar-refractivity contribution in [2.45, 2.75) is 6.92 Å². The van der Waals surface area contributed by atoms with Crippen LogP contribution in [0.25, 0.3) is 0 Å². The van der Waals surface area contributed by atoms with Crippen LogP contribution in [0, 0.1) is 12.7 Å². The van der Waals surface area contributed by atoms with E-state index in [1.165, 1.54) is 12.1 Å². The van der Waals surface area contributed by atoms with Crippen LogP contribution in [-0.2, 0) is 0 Å². The van der Waals surface area contributed by atoms with Crippen molar-refractivity contribution in [3.05, 3.63) is 53.6 Å². The lowest BCUT2D eigenvalue weighted by Gasteiger charge is -2.09. The second kappa shape index (κ2) is 5.10. The molecule has 1 aromatic heterocycles. The number of hydrogen-bond donors (Lipinski definition) is 1. The first-order valence-corrected chi connectivity index (χ1v) is 5.67. The number of benzene rings is 1. The highest BCUT2D eigenvalue weighted by molar-refractivity contribution is 7.80. The lowest BCUT2D eigenvalue weighted by atomic mass is 10.2. The first-order chi connectivity index (χ1) is 8.56. The van der Waals surface area contributed by atoms with Crippen molar-refractivity contribution < 1.29 is 9.13 Å². The maximum absolute atomic E-state index is 13.0. The largest absolute Gasteiger partial charge is 0.457 e. The Morgan fingerprint density at radius 3 is 2.78 bits per heavy atom. The van der Waals surface area contributed by atoms with E-state index < -0.39 is 0 Å². The predicted molar refractivity (Wildman–Crippen MR) is 71.3 cm³/mol. The number of aromatic nitrogens is 1. The summed E-state index contributed by atoms with van der Waals surface area (Å²) in [5.41, 5.74) is 6.69. The molecule has 0 saturated carbocycles. The van der Waals surface area contributed by atoms with Crippen molar-refractivity contribution in [2.24, 2.45) is 5.73 Å². The van der Waals surface area contributed by atoms with E-state index >= 15 is 0 Å². The number of aryl methyl sites for hydroxylation is 1. The summed E-state index contributed by atoms with van der Waals surface area (Å²) >= 11 is 4.84. The normalized spacial score (nSPS) is 10.1. The maximum atomic E-state index is 13.0. The van der Waals surface area contributed by atoms with E-state index in [1.54, 1.807) is 31.3 Å². The molecule has 0 aliphatic heterocycles. The van der Waals surface area contributed by atoms with Gasteiger partial charge in [-0.25, -0.2) is 4.39 Å². The minimum atomic E-state index is -0.293. The highest BCUT2D eigenvalue weighted by atomic mass is 32.1. The highest BCUT2D eigenvalue weighted by Gasteiger charge is 2.05. The topological polar surface area (TPSA) is 48.1 Å². The number of halogens is 1. The number of nitrogens with zero attached hydrogens (tertiary/aromatic N) is 1. The molecule has 0 amide bonds. The van der Waals surface area contributed by atoms with Crippen LogP contribution >= 0.6 is 12.2 Å². The van der Waals surface area contributed by atoms with Gasteiger partial charge in [-0.2, -0.15) is 0 Å². The van der Waals surface area contributed by atoms with Gasteiger partial charge >= 0.3 is 0 Å². The Morgan fingerprint density at radius 1 is 1.33 bits per heavy atom. The molecular weight excluding hydrogens is 251 g/mol. The fourth-order valence-electron chi connectivity index (χ4n) is 1.46. The van der Waals surface area contributed by atoms with Crippen molar-refractivity contribution in [1.29, 1.82) is 0 Å². The average molecular weight is 262 g/mol. The van der Waals surface area contributed by atoms with Crippen LogP contribution in [0.3, 0.4) is 0 Å². The van der Waals surface area contributed by atoms with Crippen molar-refractivity contribution in [2.75, 3.05) is 0 Å². The molecule has 0 aliphatic carbocycles. The first kappa shape index (κ1) is 12.4. The number of ether oxygens (including phenoxy) is 1. The van der Waals surface area contributed by atoms with Gasteiger partial charge in [0.1, 0.15) is 28.0 Å². The van der Waals surface area contributed by atoms with E-state index in [0.717, 1.165) is 0 Å². The molecule has 0 bridgehead atoms. The molecule has 2 aromatic rings. The van der Waals surface area contributed by atoms with Gasteiger partial charge in [0, 0.05) is 12.3 Å². The van der Waals surface area contributed by atoms with E-state index in [9.17, 15) is 4.39 Å². The monoisotopic (exact) mass is 262 g/mol. The fourth-order valence-corrected chi connectivity index (χ4v) is 1.58. The quantitative estimate of drug-likeness (QED) is 0.864. The summed E-state index contributed by atoms with van der Waals surface area (Å²) in [6, 6.07) is 7.66. The summed E-state index contributed by atoms with van der Waals surface area (Å²) in [7, 11) is 0. The predicted octanol–water partition coefficient (Wildman–Crippen LogP) is 2.96. The zero-order valence-corrected chi connectivity index (χ0v) is 10.5. The Labute approximate surface area is 109 Å². The Kier molecular flexibility index (Phi) is 3.53. The van der Waals surface area contributed by atoms with Gasteiger partial charge in [-0.3, -0.25) is 4.98 Å². The van der Waals surface area contributed by atoms with E-state index in [2.05, 4.69) is 4.98 Å². The molecule has 2 N–H and O–H groups in total. The minimum absolute atomic E-state index is 0.205. The molecule has 92 valence electrons. The Balaban J connectivity index is 2.28. The minimum Gasteiger partial charge on any atom is -0.457 e. The number of hydrogen-bond acceptors (Lipinski definition) is 3. The lowest BCUT2D eigenvalue weighted by molar-refractivity contribution is 0.475. The van der Waals surface area contributed by atoms with Gasteiger partial charge in [0.15, 0.2) is 0 Å². The smallest absolute Gasteiger partial charge is 0.131 e. The zero-order chi connectivity index (χ0) is 13.1. The Bertz CT molecular complexity index is 601.